The molecule has 0 aliphatic carbocycles. The zero-order chi connectivity index (χ0) is 16.8. The molecule has 122 valence electrons. The molecule has 0 unspecified atom stereocenters. The minimum Gasteiger partial charge on any atom is -0.462 e. The van der Waals surface area contributed by atoms with Crippen LogP contribution in [0.3, 0.4) is 0 Å². The highest BCUT2D eigenvalue weighted by atomic mass is 32.2. The van der Waals surface area contributed by atoms with Crippen LogP contribution in [0.25, 0.3) is 0 Å². The molecule has 2 heterocycles. The van der Waals surface area contributed by atoms with Gasteiger partial charge in [-0.25, -0.2) is 9.78 Å². The minimum absolute atomic E-state index is 0.174. The fraction of sp³-hybridized carbons (Fsp3) is 0.312. The molecule has 0 bridgehead atoms. The molecule has 2 rings (SSSR count). The van der Waals surface area contributed by atoms with E-state index in [2.05, 4.69) is 10.3 Å². The number of nitrogens with zero attached hydrogens (tertiary/aromatic N) is 1. The number of anilines is 1. The van der Waals surface area contributed by atoms with Crippen molar-refractivity contribution in [2.45, 2.75) is 25.8 Å². The van der Waals surface area contributed by atoms with Crippen molar-refractivity contribution in [3.05, 3.63) is 40.4 Å². The van der Waals surface area contributed by atoms with E-state index in [4.69, 9.17) is 4.74 Å². The lowest BCUT2D eigenvalue weighted by Gasteiger charge is -2.07. The summed E-state index contributed by atoms with van der Waals surface area (Å²) in [6.07, 6.45) is 1.69. The third-order valence-electron chi connectivity index (χ3n) is 3.11. The van der Waals surface area contributed by atoms with Crippen LogP contribution in [0, 0.1) is 13.8 Å². The Labute approximate surface area is 143 Å². The Morgan fingerprint density at radius 3 is 2.78 bits per heavy atom. The number of aryl methyl sites for hydroxylation is 1. The molecule has 0 radical (unpaired) electrons. The predicted octanol–water partition coefficient (Wildman–Crippen LogP) is 3.67. The number of amides is 1. The van der Waals surface area contributed by atoms with Gasteiger partial charge in [0, 0.05) is 11.1 Å². The van der Waals surface area contributed by atoms with E-state index in [9.17, 15) is 9.59 Å². The van der Waals surface area contributed by atoms with Crippen molar-refractivity contribution in [3.8, 4) is 0 Å². The molecule has 2 aromatic heterocycles. The number of hydrogen-bond acceptors (Lipinski definition) is 6. The molecular weight excluding hydrogens is 332 g/mol. The molecule has 1 N–H and O–H groups in total. The Morgan fingerprint density at radius 1 is 1.35 bits per heavy atom. The number of hydrogen-bond donors (Lipinski definition) is 1. The van der Waals surface area contributed by atoms with Crippen molar-refractivity contribution in [1.82, 2.24) is 4.98 Å². The summed E-state index contributed by atoms with van der Waals surface area (Å²) in [4.78, 5) is 29.4. The maximum absolute atomic E-state index is 12.1. The first-order valence-electron chi connectivity index (χ1n) is 7.13. The van der Waals surface area contributed by atoms with Gasteiger partial charge in [0.05, 0.1) is 22.9 Å². The monoisotopic (exact) mass is 350 g/mol. The second kappa shape index (κ2) is 8.12. The van der Waals surface area contributed by atoms with Gasteiger partial charge in [-0.1, -0.05) is 17.8 Å². The highest BCUT2D eigenvalue weighted by Crippen LogP contribution is 2.33. The standard InChI is InChI=1S/C16H18N2O3S2/c1-4-21-16(20)14-10(2)11(3)23-15(14)18-12(19)9-22-13-7-5-6-8-17-13/h5-8H,4,9H2,1-3H3,(H,18,19). The van der Waals surface area contributed by atoms with Gasteiger partial charge in [-0.2, -0.15) is 0 Å². The van der Waals surface area contributed by atoms with E-state index in [1.54, 1.807) is 13.1 Å². The van der Waals surface area contributed by atoms with E-state index in [0.717, 1.165) is 15.5 Å². The zero-order valence-electron chi connectivity index (χ0n) is 13.2. The number of thioether (sulfide) groups is 1. The van der Waals surface area contributed by atoms with Crippen LogP contribution in [0.5, 0.6) is 0 Å². The van der Waals surface area contributed by atoms with E-state index in [-0.39, 0.29) is 11.7 Å². The van der Waals surface area contributed by atoms with Crippen molar-refractivity contribution < 1.29 is 14.3 Å². The molecule has 0 aromatic carbocycles. The smallest absolute Gasteiger partial charge is 0.341 e. The summed E-state index contributed by atoms with van der Waals surface area (Å²) >= 11 is 2.74. The summed E-state index contributed by atoms with van der Waals surface area (Å²) in [5.41, 5.74) is 1.30. The normalized spacial score (nSPS) is 10.4. The molecule has 1 amide bonds. The molecule has 0 spiro atoms. The average molecular weight is 350 g/mol. The molecule has 0 aliphatic rings. The Morgan fingerprint density at radius 2 is 2.13 bits per heavy atom. The molecule has 0 atom stereocenters. The molecule has 0 saturated carbocycles. The second-order valence-electron chi connectivity index (χ2n) is 4.71. The van der Waals surface area contributed by atoms with Crippen molar-refractivity contribution >= 4 is 40.0 Å². The molecule has 7 heteroatoms. The van der Waals surface area contributed by atoms with Crippen molar-refractivity contribution in [2.75, 3.05) is 17.7 Å². The number of pyridine rings is 1. The van der Waals surface area contributed by atoms with Crippen molar-refractivity contribution in [2.24, 2.45) is 0 Å². The second-order valence-corrected chi connectivity index (χ2v) is 6.93. The summed E-state index contributed by atoms with van der Waals surface area (Å²) in [6, 6.07) is 5.55. The van der Waals surface area contributed by atoms with Gasteiger partial charge in [0.25, 0.3) is 0 Å². The number of aromatic nitrogens is 1. The van der Waals surface area contributed by atoms with Gasteiger partial charge in [-0.3, -0.25) is 4.79 Å². The van der Waals surface area contributed by atoms with Gasteiger partial charge in [0.2, 0.25) is 5.91 Å². The van der Waals surface area contributed by atoms with E-state index in [0.29, 0.717) is 17.2 Å². The summed E-state index contributed by atoms with van der Waals surface area (Å²) in [5.74, 6) is -0.343. The Hall–Kier alpha value is -1.86. The van der Waals surface area contributed by atoms with Gasteiger partial charge < -0.3 is 10.1 Å². The van der Waals surface area contributed by atoms with Crippen molar-refractivity contribution in [1.29, 1.82) is 0 Å². The van der Waals surface area contributed by atoms with Crippen LogP contribution in [0.15, 0.2) is 29.4 Å². The lowest BCUT2D eigenvalue weighted by molar-refractivity contribution is -0.113. The summed E-state index contributed by atoms with van der Waals surface area (Å²) in [5, 5.41) is 4.14. The van der Waals surface area contributed by atoms with Crippen LogP contribution in [0.4, 0.5) is 5.00 Å². The van der Waals surface area contributed by atoms with Crippen molar-refractivity contribution in [3.63, 3.8) is 0 Å². The SMILES string of the molecule is CCOC(=O)c1c(NC(=O)CSc2ccccn2)sc(C)c1C. The van der Waals surface area contributed by atoms with Crippen LogP contribution in [-0.2, 0) is 9.53 Å². The van der Waals surface area contributed by atoms with Gasteiger partial charge >= 0.3 is 5.97 Å². The predicted molar refractivity (Wildman–Crippen MR) is 93.3 cm³/mol. The van der Waals surface area contributed by atoms with E-state index >= 15 is 0 Å². The number of rotatable bonds is 6. The van der Waals surface area contributed by atoms with Crippen LogP contribution in [0.2, 0.25) is 0 Å². The summed E-state index contributed by atoms with van der Waals surface area (Å²) < 4.78 is 5.07. The largest absolute Gasteiger partial charge is 0.462 e. The topological polar surface area (TPSA) is 68.3 Å². The fourth-order valence-corrected chi connectivity index (χ4v) is 3.62. The molecular formula is C16H18N2O3S2. The van der Waals surface area contributed by atoms with Crippen LogP contribution in [0.1, 0.15) is 27.7 Å². The van der Waals surface area contributed by atoms with E-state index in [1.165, 1.54) is 23.1 Å². The number of esters is 1. The Kier molecular flexibility index (Phi) is 6.18. The third kappa shape index (κ3) is 4.56. The molecule has 0 saturated heterocycles. The Bertz CT molecular complexity index is 699. The quantitative estimate of drug-likeness (QED) is 0.636. The minimum atomic E-state index is -0.401. The lowest BCUT2D eigenvalue weighted by Crippen LogP contribution is -2.16. The van der Waals surface area contributed by atoms with E-state index in [1.807, 2.05) is 32.0 Å². The molecule has 23 heavy (non-hydrogen) atoms. The van der Waals surface area contributed by atoms with Gasteiger partial charge in [0.15, 0.2) is 0 Å². The van der Waals surface area contributed by atoms with Crippen LogP contribution < -0.4 is 5.32 Å². The zero-order valence-corrected chi connectivity index (χ0v) is 14.8. The fourth-order valence-electron chi connectivity index (χ4n) is 1.90. The number of thiophene rings is 1. The van der Waals surface area contributed by atoms with Gasteiger partial charge in [-0.15, -0.1) is 11.3 Å². The molecule has 2 aromatic rings. The third-order valence-corrected chi connectivity index (χ3v) is 5.17. The summed E-state index contributed by atoms with van der Waals surface area (Å²) in [7, 11) is 0. The first-order chi connectivity index (χ1) is 11.0. The average Bonchev–Trinajstić information content (AvgIpc) is 2.81. The maximum atomic E-state index is 12.1. The first kappa shape index (κ1) is 17.5. The number of carbonyl (C=O) groups excluding carboxylic acids is 2. The number of carbonyl (C=O) groups is 2. The maximum Gasteiger partial charge on any atom is 0.341 e. The lowest BCUT2D eigenvalue weighted by atomic mass is 10.1. The number of ether oxygens (including phenoxy) is 1. The molecule has 0 fully saturated rings. The first-order valence-corrected chi connectivity index (χ1v) is 8.94. The highest BCUT2D eigenvalue weighted by molar-refractivity contribution is 7.99. The van der Waals surface area contributed by atoms with Crippen LogP contribution in [-0.4, -0.2) is 29.2 Å². The Balaban J connectivity index is 2.06. The number of nitrogens with one attached hydrogen (secondary N) is 1. The van der Waals surface area contributed by atoms with Crippen LogP contribution >= 0.6 is 23.1 Å². The van der Waals surface area contributed by atoms with Gasteiger partial charge in [0.1, 0.15) is 5.00 Å². The molecule has 0 aliphatic heterocycles. The van der Waals surface area contributed by atoms with Gasteiger partial charge in [-0.05, 0) is 38.5 Å². The van der Waals surface area contributed by atoms with E-state index < -0.39 is 5.97 Å². The molecule has 5 nitrogen and oxygen atoms in total. The highest BCUT2D eigenvalue weighted by Gasteiger charge is 2.22. The summed E-state index contributed by atoms with van der Waals surface area (Å²) in [6.45, 7) is 5.84.